The van der Waals surface area contributed by atoms with Crippen molar-refractivity contribution in [1.29, 1.82) is 0 Å². The summed E-state index contributed by atoms with van der Waals surface area (Å²) in [6.07, 6.45) is 0.198. The average molecular weight is 237 g/mol. The fraction of sp³-hybridized carbons (Fsp3) is 0.0769. The van der Waals surface area contributed by atoms with Crippen molar-refractivity contribution in [3.05, 3.63) is 65.0 Å². The normalized spacial score (nSPS) is 10.5. The first kappa shape index (κ1) is 11.5. The standard InChI is InChI=1S/C13H10F3N/c14-11-6-3-9(12(15)13(11)16)7-8-1-4-10(17)5-2-8/h1-6H,7,17H2. The van der Waals surface area contributed by atoms with Gasteiger partial charge in [0.05, 0.1) is 0 Å². The molecule has 0 amide bonds. The van der Waals surface area contributed by atoms with Crippen LogP contribution in [0.25, 0.3) is 0 Å². The Morgan fingerprint density at radius 3 is 2.12 bits per heavy atom. The van der Waals surface area contributed by atoms with Crippen molar-refractivity contribution in [3.63, 3.8) is 0 Å². The number of anilines is 1. The Bertz CT molecular complexity index is 535. The first-order valence-corrected chi connectivity index (χ1v) is 5.04. The summed E-state index contributed by atoms with van der Waals surface area (Å²) in [5.41, 5.74) is 7.01. The number of nitrogen functional groups attached to an aromatic ring is 1. The lowest BCUT2D eigenvalue weighted by atomic mass is 10.0. The smallest absolute Gasteiger partial charge is 0.194 e. The highest BCUT2D eigenvalue weighted by Crippen LogP contribution is 2.18. The largest absolute Gasteiger partial charge is 0.399 e. The van der Waals surface area contributed by atoms with Gasteiger partial charge in [0, 0.05) is 12.1 Å². The fourth-order valence-electron chi connectivity index (χ4n) is 1.56. The molecule has 0 saturated carbocycles. The maximum atomic E-state index is 13.4. The quantitative estimate of drug-likeness (QED) is 0.629. The van der Waals surface area contributed by atoms with Crippen molar-refractivity contribution in [1.82, 2.24) is 0 Å². The van der Waals surface area contributed by atoms with Crippen LogP contribution in [0.2, 0.25) is 0 Å². The van der Waals surface area contributed by atoms with E-state index >= 15 is 0 Å². The van der Waals surface area contributed by atoms with E-state index in [0.717, 1.165) is 11.6 Å². The Balaban J connectivity index is 2.30. The van der Waals surface area contributed by atoms with Gasteiger partial charge in [-0.05, 0) is 29.3 Å². The molecule has 0 radical (unpaired) electrons. The molecular formula is C13H10F3N. The highest BCUT2D eigenvalue weighted by molar-refractivity contribution is 5.40. The second kappa shape index (κ2) is 4.49. The molecule has 0 aliphatic heterocycles. The molecule has 4 heteroatoms. The molecule has 0 aliphatic rings. The highest BCUT2D eigenvalue weighted by atomic mass is 19.2. The molecule has 0 heterocycles. The molecule has 0 aliphatic carbocycles. The van der Waals surface area contributed by atoms with E-state index in [1.54, 1.807) is 24.3 Å². The van der Waals surface area contributed by atoms with E-state index in [-0.39, 0.29) is 12.0 Å². The summed E-state index contributed by atoms with van der Waals surface area (Å²) in [5, 5.41) is 0. The second-order valence-corrected chi connectivity index (χ2v) is 3.75. The zero-order valence-electron chi connectivity index (χ0n) is 8.88. The van der Waals surface area contributed by atoms with E-state index in [0.29, 0.717) is 5.69 Å². The number of nitrogens with two attached hydrogens (primary N) is 1. The number of benzene rings is 2. The third-order valence-electron chi connectivity index (χ3n) is 2.49. The van der Waals surface area contributed by atoms with Crippen molar-refractivity contribution in [3.8, 4) is 0 Å². The lowest BCUT2D eigenvalue weighted by molar-refractivity contribution is 0.442. The Labute approximate surface area is 96.7 Å². The van der Waals surface area contributed by atoms with Gasteiger partial charge in [-0.15, -0.1) is 0 Å². The lowest BCUT2D eigenvalue weighted by Gasteiger charge is -2.05. The van der Waals surface area contributed by atoms with Crippen LogP contribution >= 0.6 is 0 Å². The van der Waals surface area contributed by atoms with Gasteiger partial charge < -0.3 is 5.73 Å². The molecule has 2 rings (SSSR count). The number of halogens is 3. The molecule has 0 aromatic heterocycles. The van der Waals surface area contributed by atoms with Crippen LogP contribution in [0.3, 0.4) is 0 Å². The van der Waals surface area contributed by atoms with Crippen LogP contribution in [0.5, 0.6) is 0 Å². The van der Waals surface area contributed by atoms with Crippen molar-refractivity contribution in [2.45, 2.75) is 6.42 Å². The van der Waals surface area contributed by atoms with Gasteiger partial charge >= 0.3 is 0 Å². The van der Waals surface area contributed by atoms with Gasteiger partial charge in [-0.25, -0.2) is 13.2 Å². The van der Waals surface area contributed by atoms with Crippen LogP contribution in [0.4, 0.5) is 18.9 Å². The van der Waals surface area contributed by atoms with Crippen molar-refractivity contribution >= 4 is 5.69 Å². The van der Waals surface area contributed by atoms with Crippen LogP contribution in [0.1, 0.15) is 11.1 Å². The Hall–Kier alpha value is -1.97. The van der Waals surface area contributed by atoms with Gasteiger partial charge in [0.25, 0.3) is 0 Å². The summed E-state index contributed by atoms with van der Waals surface area (Å²) in [6, 6.07) is 8.95. The third-order valence-corrected chi connectivity index (χ3v) is 2.49. The summed E-state index contributed by atoms with van der Waals surface area (Å²) in [7, 11) is 0. The lowest BCUT2D eigenvalue weighted by Crippen LogP contribution is -1.98. The third kappa shape index (κ3) is 2.41. The van der Waals surface area contributed by atoms with Gasteiger partial charge in [0.15, 0.2) is 17.5 Å². The first-order valence-electron chi connectivity index (χ1n) is 5.04. The zero-order chi connectivity index (χ0) is 12.4. The van der Waals surface area contributed by atoms with Crippen LogP contribution < -0.4 is 5.73 Å². The molecule has 0 atom stereocenters. The first-order chi connectivity index (χ1) is 8.08. The number of hydrogen-bond acceptors (Lipinski definition) is 1. The van der Waals surface area contributed by atoms with Crippen molar-refractivity contribution in [2.24, 2.45) is 0 Å². The van der Waals surface area contributed by atoms with E-state index < -0.39 is 17.5 Å². The minimum atomic E-state index is -1.43. The molecule has 0 saturated heterocycles. The van der Waals surface area contributed by atoms with E-state index in [2.05, 4.69) is 0 Å². The van der Waals surface area contributed by atoms with Crippen LogP contribution in [0, 0.1) is 17.5 Å². The van der Waals surface area contributed by atoms with E-state index in [9.17, 15) is 13.2 Å². The predicted molar refractivity (Wildman–Crippen MR) is 60.0 cm³/mol. The predicted octanol–water partition coefficient (Wildman–Crippen LogP) is 3.28. The van der Waals surface area contributed by atoms with E-state index in [1.165, 1.54) is 6.07 Å². The highest BCUT2D eigenvalue weighted by Gasteiger charge is 2.13. The van der Waals surface area contributed by atoms with Crippen molar-refractivity contribution in [2.75, 3.05) is 5.73 Å². The average Bonchev–Trinajstić information content (AvgIpc) is 2.33. The van der Waals surface area contributed by atoms with Gasteiger partial charge in [0.2, 0.25) is 0 Å². The second-order valence-electron chi connectivity index (χ2n) is 3.75. The molecule has 0 bridgehead atoms. The Morgan fingerprint density at radius 2 is 1.47 bits per heavy atom. The van der Waals surface area contributed by atoms with Gasteiger partial charge in [-0.2, -0.15) is 0 Å². The molecule has 2 aromatic rings. The monoisotopic (exact) mass is 237 g/mol. The molecule has 0 fully saturated rings. The van der Waals surface area contributed by atoms with E-state index in [4.69, 9.17) is 5.73 Å². The maximum Gasteiger partial charge on any atom is 0.194 e. The summed E-state index contributed by atoms with van der Waals surface area (Å²) in [4.78, 5) is 0. The SMILES string of the molecule is Nc1ccc(Cc2ccc(F)c(F)c2F)cc1. The van der Waals surface area contributed by atoms with Crippen LogP contribution in [0.15, 0.2) is 36.4 Å². The van der Waals surface area contributed by atoms with Crippen LogP contribution in [-0.2, 0) is 6.42 Å². The summed E-state index contributed by atoms with van der Waals surface area (Å²) < 4.78 is 39.1. The summed E-state index contributed by atoms with van der Waals surface area (Å²) >= 11 is 0. The molecule has 1 nitrogen and oxygen atoms in total. The molecule has 2 aromatic carbocycles. The minimum absolute atomic E-state index is 0.119. The van der Waals surface area contributed by atoms with E-state index in [1.807, 2.05) is 0 Å². The topological polar surface area (TPSA) is 26.0 Å². The molecule has 88 valence electrons. The van der Waals surface area contributed by atoms with Gasteiger partial charge in [-0.1, -0.05) is 18.2 Å². The maximum absolute atomic E-state index is 13.4. The number of rotatable bonds is 2. The molecule has 2 N–H and O–H groups in total. The fourth-order valence-corrected chi connectivity index (χ4v) is 1.56. The van der Waals surface area contributed by atoms with Crippen LogP contribution in [-0.4, -0.2) is 0 Å². The minimum Gasteiger partial charge on any atom is -0.399 e. The molecule has 0 unspecified atom stereocenters. The summed E-state index contributed by atoms with van der Waals surface area (Å²) in [6.45, 7) is 0. The van der Waals surface area contributed by atoms with Gasteiger partial charge in [0.1, 0.15) is 0 Å². The Kier molecular flexibility index (Phi) is 3.04. The molecular weight excluding hydrogens is 227 g/mol. The summed E-state index contributed by atoms with van der Waals surface area (Å²) in [5.74, 6) is -3.75. The number of hydrogen-bond donors (Lipinski definition) is 1. The zero-order valence-corrected chi connectivity index (χ0v) is 8.88. The van der Waals surface area contributed by atoms with Crippen molar-refractivity contribution < 1.29 is 13.2 Å². The molecule has 0 spiro atoms. The Morgan fingerprint density at radius 1 is 0.824 bits per heavy atom. The molecule has 17 heavy (non-hydrogen) atoms. The van der Waals surface area contributed by atoms with Gasteiger partial charge in [-0.3, -0.25) is 0 Å².